The van der Waals surface area contributed by atoms with Crippen LogP contribution in [0.4, 0.5) is 10.1 Å². The molecule has 4 heteroatoms. The lowest BCUT2D eigenvalue weighted by atomic mass is 9.86. The Morgan fingerprint density at radius 2 is 1.96 bits per heavy atom. The highest BCUT2D eigenvalue weighted by Crippen LogP contribution is 2.38. The molecular weight excluding hydrogens is 303 g/mol. The standard InChI is InChI=1S/C20H31FN2O/c1-16-13-17(21)5-6-19(16)23-11-7-18(8-12-23)22-14-20(15-24-2)9-3-4-10-20/h5-6,13,18,22H,3-4,7-12,14-15H2,1-2H3. The molecule has 0 unspecified atom stereocenters. The number of anilines is 1. The third-order valence-electron chi connectivity index (χ3n) is 5.87. The topological polar surface area (TPSA) is 24.5 Å². The van der Waals surface area contributed by atoms with Gasteiger partial charge in [0.2, 0.25) is 0 Å². The summed E-state index contributed by atoms with van der Waals surface area (Å²) in [6.45, 7) is 6.05. The molecule has 0 radical (unpaired) electrons. The van der Waals surface area contributed by atoms with Gasteiger partial charge in [-0.2, -0.15) is 0 Å². The van der Waals surface area contributed by atoms with Gasteiger partial charge in [-0.15, -0.1) is 0 Å². The number of ether oxygens (including phenoxy) is 1. The third-order valence-corrected chi connectivity index (χ3v) is 5.87. The number of methoxy groups -OCH3 is 1. The summed E-state index contributed by atoms with van der Waals surface area (Å²) < 4.78 is 18.8. The molecule has 1 aromatic carbocycles. The summed E-state index contributed by atoms with van der Waals surface area (Å²) in [6, 6.07) is 5.72. The maximum atomic E-state index is 13.3. The monoisotopic (exact) mass is 334 g/mol. The zero-order chi connectivity index (χ0) is 17.0. The molecular formula is C20H31FN2O. The minimum Gasteiger partial charge on any atom is -0.384 e. The van der Waals surface area contributed by atoms with Crippen molar-refractivity contribution in [3.05, 3.63) is 29.6 Å². The molecule has 1 N–H and O–H groups in total. The van der Waals surface area contributed by atoms with E-state index in [9.17, 15) is 4.39 Å². The first-order chi connectivity index (χ1) is 11.6. The Morgan fingerprint density at radius 1 is 1.25 bits per heavy atom. The van der Waals surface area contributed by atoms with Gasteiger partial charge in [0.15, 0.2) is 0 Å². The summed E-state index contributed by atoms with van der Waals surface area (Å²) in [4.78, 5) is 2.40. The Balaban J connectivity index is 1.50. The van der Waals surface area contributed by atoms with Crippen LogP contribution in [0.25, 0.3) is 0 Å². The van der Waals surface area contributed by atoms with E-state index in [1.807, 2.05) is 20.1 Å². The summed E-state index contributed by atoms with van der Waals surface area (Å²) in [5, 5.41) is 3.82. The molecule has 3 nitrogen and oxygen atoms in total. The first-order valence-electron chi connectivity index (χ1n) is 9.35. The summed E-state index contributed by atoms with van der Waals surface area (Å²) in [6.07, 6.45) is 7.57. The molecule has 2 fully saturated rings. The van der Waals surface area contributed by atoms with Crippen LogP contribution in [0.3, 0.4) is 0 Å². The molecule has 2 aliphatic rings. The molecule has 3 rings (SSSR count). The van der Waals surface area contributed by atoms with Gasteiger partial charge < -0.3 is 15.0 Å². The van der Waals surface area contributed by atoms with Crippen molar-refractivity contribution in [3.63, 3.8) is 0 Å². The zero-order valence-corrected chi connectivity index (χ0v) is 15.1. The van der Waals surface area contributed by atoms with Crippen LogP contribution in [-0.2, 0) is 4.74 Å². The van der Waals surface area contributed by atoms with Gasteiger partial charge >= 0.3 is 0 Å². The van der Waals surface area contributed by atoms with Crippen molar-refractivity contribution >= 4 is 5.69 Å². The fraction of sp³-hybridized carbons (Fsp3) is 0.700. The predicted molar refractivity (Wildman–Crippen MR) is 97.2 cm³/mol. The van der Waals surface area contributed by atoms with Crippen molar-refractivity contribution in [1.82, 2.24) is 5.32 Å². The number of hydrogen-bond donors (Lipinski definition) is 1. The van der Waals surface area contributed by atoms with E-state index in [2.05, 4.69) is 10.2 Å². The van der Waals surface area contributed by atoms with Gasteiger partial charge in [-0.3, -0.25) is 0 Å². The highest BCUT2D eigenvalue weighted by molar-refractivity contribution is 5.53. The van der Waals surface area contributed by atoms with Crippen LogP contribution >= 0.6 is 0 Å². The molecule has 1 aliphatic heterocycles. The SMILES string of the molecule is COCC1(CNC2CCN(c3ccc(F)cc3C)CC2)CCCC1. The molecule has 0 spiro atoms. The van der Waals surface area contributed by atoms with Gasteiger partial charge in [0.05, 0.1) is 6.61 Å². The van der Waals surface area contributed by atoms with Crippen LogP contribution in [0, 0.1) is 18.2 Å². The van der Waals surface area contributed by atoms with Crippen LogP contribution < -0.4 is 10.2 Å². The number of rotatable bonds is 6. The number of halogens is 1. The van der Waals surface area contributed by atoms with Gasteiger partial charge in [-0.25, -0.2) is 4.39 Å². The Morgan fingerprint density at radius 3 is 2.58 bits per heavy atom. The summed E-state index contributed by atoms with van der Waals surface area (Å²) in [7, 11) is 1.82. The molecule has 0 aromatic heterocycles. The molecule has 0 amide bonds. The number of piperidine rings is 1. The molecule has 1 aromatic rings. The number of nitrogens with one attached hydrogen (secondary N) is 1. The molecule has 0 bridgehead atoms. The predicted octanol–water partition coefficient (Wildman–Crippen LogP) is 3.90. The van der Waals surface area contributed by atoms with E-state index in [0.29, 0.717) is 11.5 Å². The lowest BCUT2D eigenvalue weighted by Crippen LogP contribution is -2.46. The highest BCUT2D eigenvalue weighted by atomic mass is 19.1. The molecule has 1 saturated heterocycles. The maximum Gasteiger partial charge on any atom is 0.123 e. The molecule has 1 heterocycles. The number of aryl methyl sites for hydroxylation is 1. The van der Waals surface area contributed by atoms with Gasteiger partial charge in [-0.1, -0.05) is 12.8 Å². The van der Waals surface area contributed by atoms with Gasteiger partial charge in [-0.05, 0) is 56.4 Å². The van der Waals surface area contributed by atoms with Crippen molar-refractivity contribution in [2.75, 3.05) is 38.3 Å². The van der Waals surface area contributed by atoms with Gasteiger partial charge in [0.1, 0.15) is 5.82 Å². The van der Waals surface area contributed by atoms with Crippen LogP contribution in [0.1, 0.15) is 44.1 Å². The van der Waals surface area contributed by atoms with Gasteiger partial charge in [0, 0.05) is 43.9 Å². The first-order valence-corrected chi connectivity index (χ1v) is 9.35. The Labute approximate surface area is 145 Å². The number of benzene rings is 1. The average molecular weight is 334 g/mol. The van der Waals surface area contributed by atoms with Crippen LogP contribution in [-0.4, -0.2) is 39.4 Å². The average Bonchev–Trinajstić information content (AvgIpc) is 3.03. The molecule has 24 heavy (non-hydrogen) atoms. The van der Waals surface area contributed by atoms with Crippen molar-refractivity contribution in [3.8, 4) is 0 Å². The first kappa shape index (κ1) is 17.7. The Kier molecular flexibility index (Phi) is 5.77. The zero-order valence-electron chi connectivity index (χ0n) is 15.1. The smallest absolute Gasteiger partial charge is 0.123 e. The maximum absolute atomic E-state index is 13.3. The van der Waals surface area contributed by atoms with Crippen molar-refractivity contribution < 1.29 is 9.13 Å². The third kappa shape index (κ3) is 4.09. The minimum absolute atomic E-state index is 0.146. The minimum atomic E-state index is -0.146. The Bertz CT molecular complexity index is 534. The van der Waals surface area contributed by atoms with Crippen LogP contribution in [0.15, 0.2) is 18.2 Å². The fourth-order valence-corrected chi connectivity index (χ4v) is 4.46. The van der Waals surface area contributed by atoms with Crippen LogP contribution in [0.5, 0.6) is 0 Å². The van der Waals surface area contributed by atoms with Gasteiger partial charge in [0.25, 0.3) is 0 Å². The molecule has 0 atom stereocenters. The van der Waals surface area contributed by atoms with E-state index in [0.717, 1.165) is 44.6 Å². The number of nitrogens with zero attached hydrogens (tertiary/aromatic N) is 1. The summed E-state index contributed by atoms with van der Waals surface area (Å²) in [5.41, 5.74) is 2.58. The highest BCUT2D eigenvalue weighted by Gasteiger charge is 2.34. The van der Waals surface area contributed by atoms with E-state index in [4.69, 9.17) is 4.74 Å². The molecule has 1 aliphatic carbocycles. The van der Waals surface area contributed by atoms with E-state index in [1.54, 1.807) is 12.1 Å². The summed E-state index contributed by atoms with van der Waals surface area (Å²) >= 11 is 0. The fourth-order valence-electron chi connectivity index (χ4n) is 4.46. The second kappa shape index (κ2) is 7.83. The lowest BCUT2D eigenvalue weighted by molar-refractivity contribution is 0.0795. The molecule has 134 valence electrons. The quantitative estimate of drug-likeness (QED) is 0.854. The van der Waals surface area contributed by atoms with E-state index >= 15 is 0 Å². The van der Waals surface area contributed by atoms with Crippen LogP contribution in [0.2, 0.25) is 0 Å². The summed E-state index contributed by atoms with van der Waals surface area (Å²) in [5.74, 6) is -0.146. The second-order valence-corrected chi connectivity index (χ2v) is 7.71. The second-order valence-electron chi connectivity index (χ2n) is 7.71. The van der Waals surface area contributed by atoms with E-state index in [1.165, 1.54) is 31.4 Å². The van der Waals surface area contributed by atoms with Crippen molar-refractivity contribution in [1.29, 1.82) is 0 Å². The largest absolute Gasteiger partial charge is 0.384 e. The normalized spacial score (nSPS) is 21.4. The van der Waals surface area contributed by atoms with Crippen molar-refractivity contribution in [2.24, 2.45) is 5.41 Å². The van der Waals surface area contributed by atoms with E-state index in [-0.39, 0.29) is 5.82 Å². The Hall–Kier alpha value is -1.13. The molecule has 1 saturated carbocycles. The number of hydrogen-bond acceptors (Lipinski definition) is 3. The van der Waals surface area contributed by atoms with Crippen molar-refractivity contribution in [2.45, 2.75) is 51.5 Å². The lowest BCUT2D eigenvalue weighted by Gasteiger charge is -2.37. The van der Waals surface area contributed by atoms with E-state index < -0.39 is 0 Å².